The highest BCUT2D eigenvalue weighted by Gasteiger charge is 2.27. The third kappa shape index (κ3) is 7.26. The van der Waals surface area contributed by atoms with Crippen LogP contribution in [0.4, 0.5) is 17.1 Å². The van der Waals surface area contributed by atoms with Crippen molar-refractivity contribution in [1.82, 2.24) is 5.32 Å². The largest absolute Gasteiger partial charge is 0.493 e. The van der Waals surface area contributed by atoms with Gasteiger partial charge in [0.1, 0.15) is 0 Å². The highest BCUT2D eigenvalue weighted by molar-refractivity contribution is 6.49. The van der Waals surface area contributed by atoms with E-state index in [9.17, 15) is 14.4 Å². The summed E-state index contributed by atoms with van der Waals surface area (Å²) in [7, 11) is 4.33. The van der Waals surface area contributed by atoms with E-state index in [1.54, 1.807) is 13.0 Å². The van der Waals surface area contributed by atoms with Gasteiger partial charge < -0.3 is 29.7 Å². The fraction of sp³-hybridized carbons (Fsp3) is 0.333. The smallest absolute Gasteiger partial charge is 0.256 e. The Morgan fingerprint density at radius 3 is 2.10 bits per heavy atom. The number of Topliss-reactive ketones (excluding diaryl/α,β-unsaturated/α-hetero) is 1. The Labute approximate surface area is 246 Å². The molecule has 3 rings (SSSR count). The molecule has 0 spiro atoms. The molecule has 0 aromatic heterocycles. The molecule has 0 aliphatic heterocycles. The molecule has 1 aliphatic carbocycles. The third-order valence-corrected chi connectivity index (χ3v) is 6.73. The summed E-state index contributed by atoms with van der Waals surface area (Å²) in [5.74, 6) is -0.512. The molecular weight excluding hydrogens is 548 g/mol. The van der Waals surface area contributed by atoms with E-state index in [-0.39, 0.29) is 41.1 Å². The highest BCUT2D eigenvalue weighted by Crippen LogP contribution is 2.38. The summed E-state index contributed by atoms with van der Waals surface area (Å²) >= 11 is 6.39. The van der Waals surface area contributed by atoms with Crippen LogP contribution < -0.4 is 29.7 Å². The maximum Gasteiger partial charge on any atom is 0.256 e. The molecule has 0 heterocycles. The lowest BCUT2D eigenvalue weighted by Gasteiger charge is -2.22. The second-order valence-corrected chi connectivity index (χ2v) is 9.12. The van der Waals surface area contributed by atoms with Gasteiger partial charge >= 0.3 is 0 Å². The average Bonchev–Trinajstić information content (AvgIpc) is 2.94. The van der Waals surface area contributed by atoms with Gasteiger partial charge in [0.15, 0.2) is 11.5 Å². The lowest BCUT2D eigenvalue weighted by Crippen LogP contribution is -2.31. The van der Waals surface area contributed by atoms with Gasteiger partial charge in [0.2, 0.25) is 17.4 Å². The number of hydrogen-bond acceptors (Lipinski definition) is 8. The van der Waals surface area contributed by atoms with Crippen LogP contribution in [0.3, 0.4) is 0 Å². The van der Waals surface area contributed by atoms with Crippen LogP contribution in [0, 0.1) is 0 Å². The molecule has 0 bridgehead atoms. The van der Waals surface area contributed by atoms with Crippen LogP contribution in [0.2, 0.25) is 0 Å². The first-order valence-corrected chi connectivity index (χ1v) is 13.0. The molecule has 2 amide bonds. The molecule has 0 atom stereocenters. The Morgan fingerprint density at radius 2 is 1.59 bits per heavy atom. The zero-order valence-electron chi connectivity index (χ0n) is 23.6. The third-order valence-electron chi connectivity index (χ3n) is 6.27. The maximum atomic E-state index is 13.2. The number of halogens is 1. The summed E-state index contributed by atoms with van der Waals surface area (Å²) in [5, 5.41) is 5.37. The van der Waals surface area contributed by atoms with Crippen molar-refractivity contribution in [2.45, 2.75) is 35.1 Å². The molecule has 10 nitrogen and oxygen atoms in total. The minimum Gasteiger partial charge on any atom is -0.493 e. The number of ketones is 1. The Balaban J connectivity index is 0.00000588. The molecule has 0 saturated carbocycles. The standard InChI is InChI=1S/C29H33ClN4O6.CH4/c1-8-34(9-2)19-10-11-20(22(14-19)31-17(4)35)32-21-15-23(27(36)26(30)16(21)3)33-29(37)18-12-24(38-5)28(40-7)25(13-18)39-6;/h10-15H,8-9H2,1-7H3,(H,31,35)(H,33,37);1H4. The number of rotatable bonds is 10. The normalized spacial score (nSPS) is 13.7. The number of hydrogen-bond donors (Lipinski definition) is 2. The number of carbonyl (C=O) groups excluding carboxylic acids is 3. The molecule has 1 aliphatic rings. The molecule has 2 N–H and O–H groups in total. The molecule has 11 heteroatoms. The van der Waals surface area contributed by atoms with Gasteiger partial charge in [-0.2, -0.15) is 0 Å². The Morgan fingerprint density at radius 1 is 0.976 bits per heavy atom. The van der Waals surface area contributed by atoms with Crippen molar-refractivity contribution in [2.75, 3.05) is 44.6 Å². The SMILES string of the molecule is C.CCN(CC)c1ccc(N=C2C=C(NC(=O)c3cc(OC)c(OC)c(OC)c3)C(=O)C(Cl)=C2C)c(NC(C)=O)c1. The van der Waals surface area contributed by atoms with Gasteiger partial charge in [-0.1, -0.05) is 19.0 Å². The summed E-state index contributed by atoms with van der Waals surface area (Å²) in [6.45, 7) is 8.75. The maximum absolute atomic E-state index is 13.2. The van der Waals surface area contributed by atoms with Crippen LogP contribution in [0.5, 0.6) is 17.2 Å². The second-order valence-electron chi connectivity index (χ2n) is 8.75. The number of carbonyl (C=O) groups is 3. The first kappa shape index (κ1) is 32.9. The first-order valence-electron chi connectivity index (χ1n) is 12.6. The Bertz CT molecular complexity index is 1400. The minimum absolute atomic E-state index is 0. The monoisotopic (exact) mass is 584 g/mol. The summed E-state index contributed by atoms with van der Waals surface area (Å²) in [6, 6.07) is 8.48. The second kappa shape index (κ2) is 14.4. The number of ether oxygens (including phenoxy) is 3. The summed E-state index contributed by atoms with van der Waals surface area (Å²) < 4.78 is 16.0. The number of anilines is 2. The number of benzene rings is 2. The van der Waals surface area contributed by atoms with E-state index in [2.05, 4.69) is 15.5 Å². The van der Waals surface area contributed by atoms with Crippen LogP contribution in [0.15, 0.2) is 57.7 Å². The molecule has 2 aromatic rings. The number of amides is 2. The topological polar surface area (TPSA) is 119 Å². The number of methoxy groups -OCH3 is 3. The van der Waals surface area contributed by atoms with Gasteiger partial charge in [0, 0.05) is 31.3 Å². The van der Waals surface area contributed by atoms with Gasteiger partial charge in [0.25, 0.3) is 5.91 Å². The number of allylic oxidation sites excluding steroid dienone is 3. The fourth-order valence-corrected chi connectivity index (χ4v) is 4.35. The zero-order valence-corrected chi connectivity index (χ0v) is 24.4. The predicted molar refractivity (Wildman–Crippen MR) is 163 cm³/mol. The summed E-state index contributed by atoms with van der Waals surface area (Å²) in [4.78, 5) is 44.9. The quantitative estimate of drug-likeness (QED) is 0.347. The van der Waals surface area contributed by atoms with Crippen LogP contribution >= 0.6 is 11.6 Å². The van der Waals surface area contributed by atoms with Crippen LogP contribution in [0.1, 0.15) is 45.5 Å². The predicted octanol–water partition coefficient (Wildman–Crippen LogP) is 5.64. The van der Waals surface area contributed by atoms with E-state index in [1.807, 2.05) is 26.0 Å². The van der Waals surface area contributed by atoms with E-state index in [4.69, 9.17) is 30.8 Å². The average molecular weight is 585 g/mol. The van der Waals surface area contributed by atoms with Crippen molar-refractivity contribution in [3.63, 3.8) is 0 Å². The fourth-order valence-electron chi connectivity index (χ4n) is 4.15. The Hall–Kier alpha value is -4.31. The van der Waals surface area contributed by atoms with E-state index >= 15 is 0 Å². The molecule has 2 aromatic carbocycles. The molecule has 220 valence electrons. The molecule has 41 heavy (non-hydrogen) atoms. The van der Waals surface area contributed by atoms with Crippen LogP contribution in [-0.4, -0.2) is 57.7 Å². The Kier molecular flexibility index (Phi) is 11.5. The lowest BCUT2D eigenvalue weighted by molar-refractivity contribution is -0.114. The van der Waals surface area contributed by atoms with Crippen LogP contribution in [-0.2, 0) is 9.59 Å². The lowest BCUT2D eigenvalue weighted by atomic mass is 10.0. The van der Waals surface area contributed by atoms with Crippen molar-refractivity contribution >= 4 is 52.0 Å². The molecule has 0 radical (unpaired) electrons. The molecule has 0 saturated heterocycles. The van der Waals surface area contributed by atoms with Gasteiger partial charge in [0.05, 0.1) is 49.1 Å². The van der Waals surface area contributed by atoms with Crippen molar-refractivity contribution in [1.29, 1.82) is 0 Å². The number of nitrogens with zero attached hydrogens (tertiary/aromatic N) is 2. The van der Waals surface area contributed by atoms with E-state index in [0.29, 0.717) is 28.4 Å². The van der Waals surface area contributed by atoms with Crippen molar-refractivity contribution in [2.24, 2.45) is 4.99 Å². The number of aliphatic imine (C=N–C) groups is 1. The van der Waals surface area contributed by atoms with E-state index in [1.165, 1.54) is 46.5 Å². The first-order chi connectivity index (χ1) is 19.1. The molecule has 0 unspecified atom stereocenters. The molecule has 0 fully saturated rings. The van der Waals surface area contributed by atoms with Gasteiger partial charge in [-0.3, -0.25) is 14.4 Å². The number of nitrogens with one attached hydrogen (secondary N) is 2. The van der Waals surface area contributed by atoms with Gasteiger partial charge in [-0.25, -0.2) is 4.99 Å². The van der Waals surface area contributed by atoms with Crippen LogP contribution in [0.25, 0.3) is 0 Å². The zero-order chi connectivity index (χ0) is 29.6. The molecular formula is C30H37ClN4O6. The van der Waals surface area contributed by atoms with Crippen molar-refractivity contribution < 1.29 is 28.6 Å². The highest BCUT2D eigenvalue weighted by atomic mass is 35.5. The summed E-state index contributed by atoms with van der Waals surface area (Å²) in [6.07, 6.45) is 1.45. The van der Waals surface area contributed by atoms with E-state index < -0.39 is 11.7 Å². The van der Waals surface area contributed by atoms with Crippen molar-refractivity contribution in [3.8, 4) is 17.2 Å². The van der Waals surface area contributed by atoms with Crippen molar-refractivity contribution in [3.05, 3.63) is 58.3 Å². The van der Waals surface area contributed by atoms with Gasteiger partial charge in [-0.15, -0.1) is 0 Å². The summed E-state index contributed by atoms with van der Waals surface area (Å²) in [5.41, 5.74) is 2.78. The van der Waals surface area contributed by atoms with E-state index in [0.717, 1.165) is 18.8 Å². The minimum atomic E-state index is -0.593. The van der Waals surface area contributed by atoms with Gasteiger partial charge in [-0.05, 0) is 62.8 Å².